The van der Waals surface area contributed by atoms with E-state index in [1.807, 2.05) is 20.8 Å². The quantitative estimate of drug-likeness (QED) is 0.143. The van der Waals surface area contributed by atoms with Crippen LogP contribution < -0.4 is 10.6 Å². The first-order chi connectivity index (χ1) is 17.8. The van der Waals surface area contributed by atoms with Crippen LogP contribution in [0.25, 0.3) is 0 Å². The molecule has 0 unspecified atom stereocenters. The van der Waals surface area contributed by atoms with Crippen LogP contribution in [0.2, 0.25) is 0 Å². The van der Waals surface area contributed by atoms with E-state index >= 15 is 0 Å². The normalized spacial score (nSPS) is 11.2. The Morgan fingerprint density at radius 1 is 0.730 bits per heavy atom. The highest BCUT2D eigenvalue weighted by Crippen LogP contribution is 2.15. The standard InChI is InChI=1S/C30H51N3O4/c1-30(2,3)37-28(35)21-17-15-13-11-9-7-5-4-6-8-10-12-14-16-20-27(34)32-23-24-33-29(36)26-19-18-22-31-25-26/h18-19,22,25H,4-17,20-21,23-24H2,1-3H3,(H,32,34)(H,33,36). The summed E-state index contributed by atoms with van der Waals surface area (Å²) in [7, 11) is 0. The molecule has 0 aliphatic heterocycles. The first-order valence-corrected chi connectivity index (χ1v) is 14.4. The predicted molar refractivity (Wildman–Crippen MR) is 149 cm³/mol. The lowest BCUT2D eigenvalue weighted by Crippen LogP contribution is -2.34. The zero-order valence-corrected chi connectivity index (χ0v) is 23.6. The molecule has 37 heavy (non-hydrogen) atoms. The fourth-order valence-corrected chi connectivity index (χ4v) is 4.13. The summed E-state index contributed by atoms with van der Waals surface area (Å²) in [6.45, 7) is 6.59. The molecule has 0 aromatic carbocycles. The maximum Gasteiger partial charge on any atom is 0.306 e. The van der Waals surface area contributed by atoms with E-state index in [4.69, 9.17) is 4.74 Å². The third-order valence-corrected chi connectivity index (χ3v) is 6.11. The number of rotatable bonds is 21. The van der Waals surface area contributed by atoms with Crippen LogP contribution in [0, 0.1) is 0 Å². The van der Waals surface area contributed by atoms with Crippen molar-refractivity contribution in [2.24, 2.45) is 0 Å². The lowest BCUT2D eigenvalue weighted by Gasteiger charge is -2.19. The minimum absolute atomic E-state index is 0.0543. The van der Waals surface area contributed by atoms with Crippen LogP contribution in [-0.2, 0) is 14.3 Å². The number of nitrogens with one attached hydrogen (secondary N) is 2. The summed E-state index contributed by atoms with van der Waals surface area (Å²) < 4.78 is 5.33. The number of carbonyl (C=O) groups is 3. The second-order valence-electron chi connectivity index (χ2n) is 10.9. The Morgan fingerprint density at radius 3 is 1.70 bits per heavy atom. The van der Waals surface area contributed by atoms with Crippen molar-refractivity contribution in [2.45, 2.75) is 129 Å². The number of amides is 2. The van der Waals surface area contributed by atoms with Crippen LogP contribution in [0.15, 0.2) is 24.5 Å². The molecule has 0 atom stereocenters. The Morgan fingerprint density at radius 2 is 1.22 bits per heavy atom. The molecule has 0 spiro atoms. The van der Waals surface area contributed by atoms with Gasteiger partial charge in [0, 0.05) is 38.3 Å². The molecule has 0 aliphatic carbocycles. The van der Waals surface area contributed by atoms with Crippen molar-refractivity contribution in [3.8, 4) is 0 Å². The molecule has 0 aliphatic rings. The molecule has 7 heteroatoms. The summed E-state index contributed by atoms with van der Waals surface area (Å²) in [6, 6.07) is 3.43. The maximum atomic E-state index is 11.9. The summed E-state index contributed by atoms with van der Waals surface area (Å²) in [4.78, 5) is 39.4. The number of esters is 1. The number of aromatic nitrogens is 1. The van der Waals surface area contributed by atoms with Gasteiger partial charge in [-0.25, -0.2) is 0 Å². The van der Waals surface area contributed by atoms with Gasteiger partial charge in [-0.3, -0.25) is 19.4 Å². The highest BCUT2D eigenvalue weighted by molar-refractivity contribution is 5.93. The van der Waals surface area contributed by atoms with Crippen LogP contribution in [-0.4, -0.2) is 41.5 Å². The summed E-state index contributed by atoms with van der Waals surface area (Å²) in [5.74, 6) is -0.195. The van der Waals surface area contributed by atoms with Gasteiger partial charge in [0.25, 0.3) is 5.91 Å². The zero-order chi connectivity index (χ0) is 27.2. The lowest BCUT2D eigenvalue weighted by atomic mass is 10.0. The van der Waals surface area contributed by atoms with E-state index in [0.29, 0.717) is 31.5 Å². The highest BCUT2D eigenvalue weighted by Gasteiger charge is 2.15. The molecule has 1 heterocycles. The SMILES string of the molecule is CC(C)(C)OC(=O)CCCCCCCCCCCCCCCCC(=O)NCCNC(=O)c1cccnc1. The topological polar surface area (TPSA) is 97.4 Å². The Hall–Kier alpha value is -2.44. The molecule has 1 aromatic rings. The van der Waals surface area contributed by atoms with E-state index in [2.05, 4.69) is 15.6 Å². The van der Waals surface area contributed by atoms with Gasteiger partial charge in [-0.1, -0.05) is 77.0 Å². The van der Waals surface area contributed by atoms with Crippen LogP contribution in [0.1, 0.15) is 134 Å². The lowest BCUT2D eigenvalue weighted by molar-refractivity contribution is -0.154. The number of carbonyl (C=O) groups excluding carboxylic acids is 3. The molecule has 0 fully saturated rings. The van der Waals surface area contributed by atoms with Crippen molar-refractivity contribution in [1.82, 2.24) is 15.6 Å². The highest BCUT2D eigenvalue weighted by atomic mass is 16.6. The minimum Gasteiger partial charge on any atom is -0.460 e. The summed E-state index contributed by atoms with van der Waals surface area (Å²) in [5, 5.41) is 5.64. The van der Waals surface area contributed by atoms with Crippen LogP contribution in [0.5, 0.6) is 0 Å². The molecule has 0 saturated heterocycles. The molecular weight excluding hydrogens is 466 g/mol. The smallest absolute Gasteiger partial charge is 0.306 e. The third kappa shape index (κ3) is 20.3. The van der Waals surface area contributed by atoms with E-state index < -0.39 is 0 Å². The Labute approximate surface area is 224 Å². The molecule has 1 aromatic heterocycles. The van der Waals surface area contributed by atoms with Gasteiger partial charge in [0.15, 0.2) is 0 Å². The van der Waals surface area contributed by atoms with Gasteiger partial charge in [0.1, 0.15) is 5.60 Å². The first kappa shape index (κ1) is 32.6. The predicted octanol–water partition coefficient (Wildman–Crippen LogP) is 6.51. The van der Waals surface area contributed by atoms with Gasteiger partial charge in [0.2, 0.25) is 5.91 Å². The monoisotopic (exact) mass is 517 g/mol. The van der Waals surface area contributed by atoms with E-state index in [0.717, 1.165) is 25.7 Å². The fraction of sp³-hybridized carbons (Fsp3) is 0.733. The van der Waals surface area contributed by atoms with Crippen molar-refractivity contribution < 1.29 is 19.1 Å². The second-order valence-corrected chi connectivity index (χ2v) is 10.9. The van der Waals surface area contributed by atoms with Gasteiger partial charge in [-0.05, 0) is 45.7 Å². The maximum absolute atomic E-state index is 11.9. The first-order valence-electron chi connectivity index (χ1n) is 14.4. The van der Waals surface area contributed by atoms with Gasteiger partial charge >= 0.3 is 5.97 Å². The Kier molecular flexibility index (Phi) is 18.1. The number of hydrogen-bond acceptors (Lipinski definition) is 5. The molecule has 210 valence electrons. The Balaban J connectivity index is 1.78. The summed E-state index contributed by atoms with van der Waals surface area (Å²) >= 11 is 0. The van der Waals surface area contributed by atoms with Gasteiger partial charge in [-0.15, -0.1) is 0 Å². The van der Waals surface area contributed by atoms with Crippen LogP contribution >= 0.6 is 0 Å². The number of ether oxygens (including phenoxy) is 1. The van der Waals surface area contributed by atoms with E-state index in [9.17, 15) is 14.4 Å². The zero-order valence-electron chi connectivity index (χ0n) is 23.6. The van der Waals surface area contributed by atoms with E-state index in [-0.39, 0.29) is 23.4 Å². The van der Waals surface area contributed by atoms with Crippen molar-refractivity contribution in [1.29, 1.82) is 0 Å². The van der Waals surface area contributed by atoms with Crippen molar-refractivity contribution >= 4 is 17.8 Å². The average molecular weight is 518 g/mol. The molecule has 7 nitrogen and oxygen atoms in total. The largest absolute Gasteiger partial charge is 0.460 e. The van der Waals surface area contributed by atoms with Crippen molar-refractivity contribution in [3.63, 3.8) is 0 Å². The van der Waals surface area contributed by atoms with Crippen molar-refractivity contribution in [2.75, 3.05) is 13.1 Å². The third-order valence-electron chi connectivity index (χ3n) is 6.11. The molecule has 0 saturated carbocycles. The molecule has 2 amide bonds. The molecule has 0 radical (unpaired) electrons. The van der Waals surface area contributed by atoms with Gasteiger partial charge < -0.3 is 15.4 Å². The fourth-order valence-electron chi connectivity index (χ4n) is 4.13. The number of pyridine rings is 1. The molecule has 2 N–H and O–H groups in total. The van der Waals surface area contributed by atoms with Crippen LogP contribution in [0.3, 0.4) is 0 Å². The van der Waals surface area contributed by atoms with Crippen molar-refractivity contribution in [3.05, 3.63) is 30.1 Å². The van der Waals surface area contributed by atoms with E-state index in [1.165, 1.54) is 70.4 Å². The Bertz CT molecular complexity index is 747. The van der Waals surface area contributed by atoms with Crippen LogP contribution in [0.4, 0.5) is 0 Å². The minimum atomic E-state index is -0.375. The molecular formula is C30H51N3O4. The molecule has 0 bridgehead atoms. The summed E-state index contributed by atoms with van der Waals surface area (Å²) in [5.41, 5.74) is 0.147. The number of nitrogens with zero attached hydrogens (tertiary/aromatic N) is 1. The van der Waals surface area contributed by atoms with E-state index in [1.54, 1.807) is 18.3 Å². The number of hydrogen-bond donors (Lipinski definition) is 2. The van der Waals surface area contributed by atoms with Gasteiger partial charge in [0.05, 0.1) is 5.56 Å². The molecule has 1 rings (SSSR count). The number of unbranched alkanes of at least 4 members (excludes halogenated alkanes) is 13. The average Bonchev–Trinajstić information content (AvgIpc) is 2.85. The summed E-state index contributed by atoms with van der Waals surface area (Å²) in [6.07, 6.45) is 21.1. The second kappa shape index (κ2) is 20.6. The van der Waals surface area contributed by atoms with Gasteiger partial charge in [-0.2, -0.15) is 0 Å².